The summed E-state index contributed by atoms with van der Waals surface area (Å²) in [6.45, 7) is -0.0891. The summed E-state index contributed by atoms with van der Waals surface area (Å²) < 4.78 is 1.40. The van der Waals surface area contributed by atoms with E-state index in [-0.39, 0.29) is 18.1 Å². The van der Waals surface area contributed by atoms with Gasteiger partial charge >= 0.3 is 5.69 Å². The van der Waals surface area contributed by atoms with E-state index in [1.807, 2.05) is 36.4 Å². The van der Waals surface area contributed by atoms with Crippen molar-refractivity contribution < 1.29 is 9.90 Å². The van der Waals surface area contributed by atoms with Crippen LogP contribution in [0.3, 0.4) is 0 Å². The molecule has 4 rings (SSSR count). The number of nitrogens with one attached hydrogen (secondary N) is 2. The van der Waals surface area contributed by atoms with E-state index in [4.69, 9.17) is 0 Å². The van der Waals surface area contributed by atoms with Crippen LogP contribution in [0.4, 0.5) is 0 Å². The largest absolute Gasteiger partial charge is 0.390 e. The minimum absolute atomic E-state index is 0.0891. The van der Waals surface area contributed by atoms with Gasteiger partial charge in [-0.25, -0.2) is 4.79 Å². The van der Waals surface area contributed by atoms with Crippen molar-refractivity contribution in [1.29, 1.82) is 0 Å². The van der Waals surface area contributed by atoms with Gasteiger partial charge in [-0.2, -0.15) is 0 Å². The Balaban J connectivity index is 1.57. The molecule has 1 aliphatic carbocycles. The van der Waals surface area contributed by atoms with Gasteiger partial charge in [0.1, 0.15) is 6.54 Å². The molecule has 1 aromatic heterocycles. The maximum atomic E-state index is 12.4. The van der Waals surface area contributed by atoms with Gasteiger partial charge in [0.15, 0.2) is 0 Å². The first kappa shape index (κ1) is 14.7. The lowest BCUT2D eigenvalue weighted by atomic mass is 10.1. The highest BCUT2D eigenvalue weighted by molar-refractivity contribution is 5.80. The average molecular weight is 323 g/mol. The number of hydrogen-bond donors (Lipinski definition) is 3. The molecule has 1 heterocycles. The van der Waals surface area contributed by atoms with E-state index in [1.54, 1.807) is 12.1 Å². The maximum Gasteiger partial charge on any atom is 0.326 e. The van der Waals surface area contributed by atoms with Crippen LogP contribution < -0.4 is 11.0 Å². The number of rotatable bonds is 3. The summed E-state index contributed by atoms with van der Waals surface area (Å²) >= 11 is 0. The number of carbonyl (C=O) groups excluding carboxylic acids is 1. The van der Waals surface area contributed by atoms with Crippen LogP contribution in [-0.4, -0.2) is 26.7 Å². The lowest BCUT2D eigenvalue weighted by Gasteiger charge is -2.18. The number of benzene rings is 2. The van der Waals surface area contributed by atoms with Gasteiger partial charge < -0.3 is 15.4 Å². The Bertz CT molecular complexity index is 973. The van der Waals surface area contributed by atoms with Gasteiger partial charge in [-0.05, 0) is 23.3 Å². The lowest BCUT2D eigenvalue weighted by molar-refractivity contribution is -0.123. The third-order valence-electron chi connectivity index (χ3n) is 4.50. The van der Waals surface area contributed by atoms with Gasteiger partial charge in [-0.3, -0.25) is 9.36 Å². The van der Waals surface area contributed by atoms with Crippen molar-refractivity contribution in [2.45, 2.75) is 25.1 Å². The second-order valence-corrected chi connectivity index (χ2v) is 6.05. The van der Waals surface area contributed by atoms with Crippen molar-refractivity contribution in [1.82, 2.24) is 14.9 Å². The molecule has 0 bridgehead atoms. The van der Waals surface area contributed by atoms with Crippen molar-refractivity contribution in [3.8, 4) is 0 Å². The van der Waals surface area contributed by atoms with E-state index in [1.165, 1.54) is 4.57 Å². The molecule has 0 saturated heterocycles. The van der Waals surface area contributed by atoms with Crippen molar-refractivity contribution in [3.63, 3.8) is 0 Å². The third-order valence-corrected chi connectivity index (χ3v) is 4.50. The van der Waals surface area contributed by atoms with E-state index < -0.39 is 12.1 Å². The van der Waals surface area contributed by atoms with E-state index in [9.17, 15) is 14.7 Å². The molecule has 3 aromatic rings. The van der Waals surface area contributed by atoms with E-state index >= 15 is 0 Å². The molecule has 122 valence electrons. The summed E-state index contributed by atoms with van der Waals surface area (Å²) in [5.41, 5.74) is 3.04. The van der Waals surface area contributed by atoms with Crippen LogP contribution in [0.25, 0.3) is 11.0 Å². The third kappa shape index (κ3) is 2.41. The predicted molar refractivity (Wildman–Crippen MR) is 89.6 cm³/mol. The predicted octanol–water partition coefficient (Wildman–Crippen LogP) is 1.10. The van der Waals surface area contributed by atoms with Crippen LogP contribution in [-0.2, 0) is 17.8 Å². The molecular weight excluding hydrogens is 306 g/mol. The van der Waals surface area contributed by atoms with Crippen LogP contribution in [0.15, 0.2) is 53.3 Å². The van der Waals surface area contributed by atoms with Gasteiger partial charge in [-0.15, -0.1) is 0 Å². The van der Waals surface area contributed by atoms with Gasteiger partial charge in [-0.1, -0.05) is 36.4 Å². The molecule has 6 heteroatoms. The number of aromatic nitrogens is 2. The highest BCUT2D eigenvalue weighted by Gasteiger charge is 2.31. The first-order valence-electron chi connectivity index (χ1n) is 7.86. The second kappa shape index (κ2) is 5.65. The van der Waals surface area contributed by atoms with E-state index in [0.29, 0.717) is 17.5 Å². The number of aromatic amines is 1. The number of hydrogen-bond acceptors (Lipinski definition) is 3. The monoisotopic (exact) mass is 323 g/mol. The molecule has 0 radical (unpaired) electrons. The molecule has 0 aliphatic heterocycles. The number of fused-ring (bicyclic) bond motifs is 2. The smallest absolute Gasteiger partial charge is 0.326 e. The zero-order valence-electron chi connectivity index (χ0n) is 12.9. The zero-order chi connectivity index (χ0) is 16.7. The number of amides is 1. The summed E-state index contributed by atoms with van der Waals surface area (Å²) in [5.74, 6) is -0.303. The molecule has 0 spiro atoms. The summed E-state index contributed by atoms with van der Waals surface area (Å²) in [4.78, 5) is 27.2. The van der Waals surface area contributed by atoms with Crippen LogP contribution in [0.2, 0.25) is 0 Å². The lowest BCUT2D eigenvalue weighted by Crippen LogP contribution is -2.37. The number of nitrogens with zero attached hydrogens (tertiary/aromatic N) is 1. The number of aliphatic hydroxyl groups excluding tert-OH is 1. The topological polar surface area (TPSA) is 87.1 Å². The molecule has 3 N–H and O–H groups in total. The van der Waals surface area contributed by atoms with Crippen LogP contribution in [0.1, 0.15) is 17.2 Å². The standard InChI is InChI=1S/C18H17N3O3/c22-15-9-11-5-1-2-6-12(11)17(15)20-16(23)10-21-14-8-4-3-7-13(14)19-18(21)24/h1-8,15,17,22H,9-10H2,(H,19,24)(H,20,23). The quantitative estimate of drug-likeness (QED) is 0.675. The van der Waals surface area contributed by atoms with Gasteiger partial charge in [0.05, 0.1) is 23.2 Å². The molecular formula is C18H17N3O3. The maximum absolute atomic E-state index is 12.4. The van der Waals surface area contributed by atoms with Crippen LogP contribution in [0, 0.1) is 0 Å². The summed E-state index contributed by atoms with van der Waals surface area (Å²) in [5, 5.41) is 13.1. The van der Waals surface area contributed by atoms with Crippen LogP contribution >= 0.6 is 0 Å². The van der Waals surface area contributed by atoms with E-state index in [2.05, 4.69) is 10.3 Å². The van der Waals surface area contributed by atoms with Gasteiger partial charge in [0, 0.05) is 6.42 Å². The Morgan fingerprint density at radius 3 is 2.83 bits per heavy atom. The normalized spacial score (nSPS) is 19.4. The second-order valence-electron chi connectivity index (χ2n) is 6.05. The Kier molecular flexibility index (Phi) is 3.46. The number of para-hydroxylation sites is 2. The highest BCUT2D eigenvalue weighted by Crippen LogP contribution is 2.31. The molecule has 0 fully saturated rings. The molecule has 2 atom stereocenters. The molecule has 1 aliphatic rings. The summed E-state index contributed by atoms with van der Waals surface area (Å²) in [7, 11) is 0. The fraction of sp³-hybridized carbons (Fsp3) is 0.222. The first-order valence-corrected chi connectivity index (χ1v) is 7.86. The van der Waals surface area contributed by atoms with Crippen molar-refractivity contribution in [3.05, 3.63) is 70.1 Å². The fourth-order valence-electron chi connectivity index (χ4n) is 3.37. The summed E-state index contributed by atoms with van der Waals surface area (Å²) in [6, 6.07) is 14.5. The van der Waals surface area contributed by atoms with Crippen LogP contribution in [0.5, 0.6) is 0 Å². The van der Waals surface area contributed by atoms with Crippen molar-refractivity contribution in [2.75, 3.05) is 0 Å². The SMILES string of the molecule is O=C(Cn1c(=O)[nH]c2ccccc21)NC1c2ccccc2CC1O. The fourth-order valence-corrected chi connectivity index (χ4v) is 3.37. The molecule has 6 nitrogen and oxygen atoms in total. The zero-order valence-corrected chi connectivity index (χ0v) is 12.9. The van der Waals surface area contributed by atoms with Crippen molar-refractivity contribution in [2.24, 2.45) is 0 Å². The Hall–Kier alpha value is -2.86. The molecule has 1 amide bonds. The Morgan fingerprint density at radius 1 is 1.21 bits per heavy atom. The number of H-pyrrole nitrogens is 1. The molecule has 2 aromatic carbocycles. The van der Waals surface area contributed by atoms with Gasteiger partial charge in [0.25, 0.3) is 0 Å². The number of aliphatic hydroxyl groups is 1. The first-order chi connectivity index (χ1) is 11.6. The molecule has 24 heavy (non-hydrogen) atoms. The van der Waals surface area contributed by atoms with Crippen molar-refractivity contribution >= 4 is 16.9 Å². The highest BCUT2D eigenvalue weighted by atomic mass is 16.3. The average Bonchev–Trinajstić information content (AvgIpc) is 3.05. The molecule has 2 unspecified atom stereocenters. The minimum atomic E-state index is -0.647. The summed E-state index contributed by atoms with van der Waals surface area (Å²) in [6.07, 6.45) is -0.125. The Morgan fingerprint density at radius 2 is 1.96 bits per heavy atom. The number of carbonyl (C=O) groups is 1. The van der Waals surface area contributed by atoms with Gasteiger partial charge in [0.2, 0.25) is 5.91 Å². The van der Waals surface area contributed by atoms with E-state index in [0.717, 1.165) is 11.1 Å². The Labute approximate surface area is 137 Å². The minimum Gasteiger partial charge on any atom is -0.390 e. The molecule has 0 saturated carbocycles. The number of imidazole rings is 1.